The first-order valence-electron chi connectivity index (χ1n) is 11.6. The molecule has 11 heteroatoms. The summed E-state index contributed by atoms with van der Waals surface area (Å²) in [6.45, 7) is 7.75. The van der Waals surface area contributed by atoms with E-state index in [0.29, 0.717) is 38.0 Å². The highest BCUT2D eigenvalue weighted by molar-refractivity contribution is 7.98. The molecule has 0 heterocycles. The van der Waals surface area contributed by atoms with Crippen molar-refractivity contribution in [1.82, 2.24) is 16.0 Å². The lowest BCUT2D eigenvalue weighted by Gasteiger charge is -2.28. The van der Waals surface area contributed by atoms with Crippen LogP contribution in [0, 0.1) is 11.8 Å². The predicted molar refractivity (Wildman–Crippen MR) is 132 cm³/mol. The zero-order valence-electron chi connectivity index (χ0n) is 20.6. The van der Waals surface area contributed by atoms with E-state index in [9.17, 15) is 24.3 Å². The van der Waals surface area contributed by atoms with E-state index >= 15 is 0 Å². The maximum atomic E-state index is 13.1. The molecule has 5 unspecified atom stereocenters. The zero-order chi connectivity index (χ0) is 25.6. The Bertz CT molecular complexity index is 634. The third-order valence-electron chi connectivity index (χ3n) is 5.62. The van der Waals surface area contributed by atoms with E-state index in [2.05, 4.69) is 16.0 Å². The van der Waals surface area contributed by atoms with Gasteiger partial charge in [0, 0.05) is 0 Å². The molecule has 0 rings (SSSR count). The van der Waals surface area contributed by atoms with Gasteiger partial charge >= 0.3 is 5.97 Å². The SMILES string of the molecule is CCC(C)C(NC(=O)C(CCSC)NC(=O)C(N)C(C)C)C(=O)NC(CCCCN)C(=O)O. The van der Waals surface area contributed by atoms with Gasteiger partial charge in [-0.3, -0.25) is 14.4 Å². The summed E-state index contributed by atoms with van der Waals surface area (Å²) in [4.78, 5) is 50.0. The molecule has 0 aromatic rings. The van der Waals surface area contributed by atoms with Crippen molar-refractivity contribution >= 4 is 35.5 Å². The average Bonchev–Trinajstić information content (AvgIpc) is 2.77. The van der Waals surface area contributed by atoms with Crippen molar-refractivity contribution in [2.24, 2.45) is 23.3 Å². The second-order valence-electron chi connectivity index (χ2n) is 8.67. The molecule has 0 spiro atoms. The predicted octanol–water partition coefficient (Wildman–Crippen LogP) is 0.437. The molecule has 0 saturated carbocycles. The number of nitrogens with two attached hydrogens (primary N) is 2. The minimum atomic E-state index is -1.14. The van der Waals surface area contributed by atoms with Crippen LogP contribution in [-0.4, -0.2) is 71.5 Å². The van der Waals surface area contributed by atoms with Gasteiger partial charge in [0.15, 0.2) is 0 Å². The molecule has 8 N–H and O–H groups in total. The van der Waals surface area contributed by atoms with Crippen molar-refractivity contribution in [2.75, 3.05) is 18.6 Å². The highest BCUT2D eigenvalue weighted by Crippen LogP contribution is 2.11. The number of thioether (sulfide) groups is 1. The average molecular weight is 490 g/mol. The van der Waals surface area contributed by atoms with E-state index in [1.54, 1.807) is 6.92 Å². The lowest BCUT2D eigenvalue weighted by atomic mass is 9.97. The van der Waals surface area contributed by atoms with Crippen LogP contribution in [0.4, 0.5) is 0 Å². The maximum absolute atomic E-state index is 13.1. The number of hydrogen-bond donors (Lipinski definition) is 6. The van der Waals surface area contributed by atoms with E-state index in [0.717, 1.165) is 0 Å². The van der Waals surface area contributed by atoms with Crippen LogP contribution in [0.5, 0.6) is 0 Å². The first-order valence-corrected chi connectivity index (χ1v) is 13.0. The first-order chi connectivity index (χ1) is 15.5. The monoisotopic (exact) mass is 489 g/mol. The molecule has 3 amide bonds. The second-order valence-corrected chi connectivity index (χ2v) is 9.65. The van der Waals surface area contributed by atoms with Gasteiger partial charge in [0.2, 0.25) is 17.7 Å². The Hall–Kier alpha value is -1.85. The largest absolute Gasteiger partial charge is 0.480 e. The number of carboxylic acids is 1. The highest BCUT2D eigenvalue weighted by atomic mass is 32.2. The summed E-state index contributed by atoms with van der Waals surface area (Å²) in [5.41, 5.74) is 11.4. The van der Waals surface area contributed by atoms with Crippen LogP contribution >= 0.6 is 11.8 Å². The molecule has 0 aromatic heterocycles. The molecule has 192 valence electrons. The van der Waals surface area contributed by atoms with E-state index in [-0.39, 0.29) is 18.3 Å². The van der Waals surface area contributed by atoms with Crippen LogP contribution in [0.1, 0.15) is 59.8 Å². The fourth-order valence-electron chi connectivity index (χ4n) is 3.04. The zero-order valence-corrected chi connectivity index (χ0v) is 21.4. The normalized spacial score (nSPS) is 15.8. The molecule has 0 aliphatic carbocycles. The fourth-order valence-corrected chi connectivity index (χ4v) is 3.51. The molecule has 0 fully saturated rings. The number of carbonyl (C=O) groups excluding carboxylic acids is 3. The number of carboxylic acid groups (broad SMARTS) is 1. The number of amides is 3. The molecule has 0 bridgehead atoms. The summed E-state index contributed by atoms with van der Waals surface area (Å²) in [6, 6.07) is -3.61. The molecule has 0 radical (unpaired) electrons. The fraction of sp³-hybridized carbons (Fsp3) is 0.818. The number of hydrogen-bond acceptors (Lipinski definition) is 7. The lowest BCUT2D eigenvalue weighted by molar-refractivity contribution is -0.143. The third-order valence-corrected chi connectivity index (χ3v) is 6.26. The van der Waals surface area contributed by atoms with Gasteiger partial charge in [-0.05, 0) is 56.1 Å². The van der Waals surface area contributed by atoms with Crippen LogP contribution in [-0.2, 0) is 19.2 Å². The smallest absolute Gasteiger partial charge is 0.326 e. The Morgan fingerprint density at radius 3 is 2.00 bits per heavy atom. The summed E-state index contributed by atoms with van der Waals surface area (Å²) in [5, 5.41) is 17.4. The molecule has 0 aromatic carbocycles. The van der Waals surface area contributed by atoms with E-state index < -0.39 is 47.9 Å². The van der Waals surface area contributed by atoms with E-state index in [1.165, 1.54) is 11.8 Å². The summed E-state index contributed by atoms with van der Waals surface area (Å²) >= 11 is 1.53. The molecule has 0 saturated heterocycles. The topological polar surface area (TPSA) is 177 Å². The van der Waals surface area contributed by atoms with E-state index in [4.69, 9.17) is 11.5 Å². The lowest BCUT2D eigenvalue weighted by Crippen LogP contribution is -2.59. The molecule has 0 aliphatic heterocycles. The molecule has 10 nitrogen and oxygen atoms in total. The quantitative estimate of drug-likeness (QED) is 0.159. The van der Waals surface area contributed by atoms with E-state index in [1.807, 2.05) is 27.0 Å². The number of carbonyl (C=O) groups is 4. The summed E-state index contributed by atoms with van der Waals surface area (Å²) in [7, 11) is 0. The molecular weight excluding hydrogens is 446 g/mol. The van der Waals surface area contributed by atoms with Gasteiger partial charge in [0.05, 0.1) is 6.04 Å². The van der Waals surface area contributed by atoms with Crippen LogP contribution in [0.3, 0.4) is 0 Å². The van der Waals surface area contributed by atoms with Gasteiger partial charge in [-0.1, -0.05) is 34.1 Å². The Morgan fingerprint density at radius 2 is 1.52 bits per heavy atom. The van der Waals surface area contributed by atoms with Crippen molar-refractivity contribution in [1.29, 1.82) is 0 Å². The van der Waals surface area contributed by atoms with Crippen molar-refractivity contribution in [3.8, 4) is 0 Å². The first kappa shape index (κ1) is 31.1. The highest BCUT2D eigenvalue weighted by Gasteiger charge is 2.32. The Kier molecular flexibility index (Phi) is 15.8. The van der Waals surface area contributed by atoms with Gasteiger partial charge in [-0.15, -0.1) is 0 Å². The number of aliphatic carboxylic acids is 1. The number of rotatable bonds is 17. The molecule has 5 atom stereocenters. The summed E-state index contributed by atoms with van der Waals surface area (Å²) in [6.07, 6.45) is 4.31. The van der Waals surface area contributed by atoms with Crippen LogP contribution in [0.25, 0.3) is 0 Å². The molecular formula is C22H43N5O5S. The number of nitrogens with one attached hydrogen (secondary N) is 3. The van der Waals surface area contributed by atoms with Crippen molar-refractivity contribution in [2.45, 2.75) is 84.0 Å². The van der Waals surface area contributed by atoms with Crippen LogP contribution in [0.15, 0.2) is 0 Å². The van der Waals surface area contributed by atoms with Gasteiger partial charge in [-0.25, -0.2) is 4.79 Å². The van der Waals surface area contributed by atoms with Gasteiger partial charge in [-0.2, -0.15) is 11.8 Å². The van der Waals surface area contributed by atoms with Gasteiger partial charge in [0.1, 0.15) is 18.1 Å². The van der Waals surface area contributed by atoms with Gasteiger partial charge in [0.25, 0.3) is 0 Å². The number of unbranched alkanes of at least 4 members (excludes halogenated alkanes) is 1. The summed E-state index contributed by atoms with van der Waals surface area (Å²) < 4.78 is 0. The standard InChI is InChI=1S/C22H43N5O5S/c1-6-14(4)18(21(30)26-16(22(31)32)9-7-8-11-23)27-19(28)15(10-12-33-5)25-20(29)17(24)13(2)3/h13-18H,6-12,23-24H2,1-5H3,(H,25,29)(H,26,30)(H,27,28)(H,31,32). The second kappa shape index (κ2) is 16.7. The van der Waals surface area contributed by atoms with Gasteiger partial charge < -0.3 is 32.5 Å². The molecule has 33 heavy (non-hydrogen) atoms. The van der Waals surface area contributed by atoms with Crippen molar-refractivity contribution in [3.05, 3.63) is 0 Å². The molecule has 0 aliphatic rings. The third kappa shape index (κ3) is 11.7. The maximum Gasteiger partial charge on any atom is 0.326 e. The minimum Gasteiger partial charge on any atom is -0.480 e. The van der Waals surface area contributed by atoms with Crippen LogP contribution < -0.4 is 27.4 Å². The van der Waals surface area contributed by atoms with Crippen LogP contribution in [0.2, 0.25) is 0 Å². The Morgan fingerprint density at radius 1 is 0.909 bits per heavy atom. The summed E-state index contributed by atoms with van der Waals surface area (Å²) in [5.74, 6) is -2.35. The minimum absolute atomic E-state index is 0.0971. The Labute approximate surface area is 201 Å². The Balaban J connectivity index is 5.46. The van der Waals surface area contributed by atoms with Crippen molar-refractivity contribution in [3.63, 3.8) is 0 Å². The van der Waals surface area contributed by atoms with Crippen molar-refractivity contribution < 1.29 is 24.3 Å².